The van der Waals surface area contributed by atoms with Crippen LogP contribution in [-0.2, 0) is 23.1 Å². The third kappa shape index (κ3) is 4.34. The summed E-state index contributed by atoms with van der Waals surface area (Å²) in [5, 5.41) is 0. The van der Waals surface area contributed by atoms with Crippen molar-refractivity contribution in [2.45, 2.75) is 33.6 Å². The number of carbonyl (C=O) groups excluding carboxylic acids is 1. The van der Waals surface area contributed by atoms with Gasteiger partial charge in [0.2, 0.25) is 0 Å². The average molecular weight is 291 g/mol. The Bertz CT molecular complexity index is 372. The molecule has 0 saturated carbocycles. The second-order valence-electron chi connectivity index (χ2n) is 3.92. The fourth-order valence-corrected chi connectivity index (χ4v) is 3.80. The van der Waals surface area contributed by atoms with Gasteiger partial charge in [0.25, 0.3) is 0 Å². The number of allylic oxidation sites excluding steroid dienone is 1. The SMILES string of the molecule is CCOC(=O)/C=C1\CCCN1P(=O)(OCC)OCC. The fourth-order valence-electron chi connectivity index (χ4n) is 1.93. The van der Waals surface area contributed by atoms with Crippen LogP contribution in [0.4, 0.5) is 0 Å². The summed E-state index contributed by atoms with van der Waals surface area (Å²) >= 11 is 0. The standard InChI is InChI=1S/C12H22NO5P/c1-4-16-12(14)10-11-8-7-9-13(11)19(15,17-5-2)18-6-3/h10H,4-9H2,1-3H3/b11-10+. The second-order valence-corrected chi connectivity index (χ2v) is 5.85. The molecular weight excluding hydrogens is 269 g/mol. The van der Waals surface area contributed by atoms with Crippen LogP contribution in [0.2, 0.25) is 0 Å². The third-order valence-electron chi connectivity index (χ3n) is 2.59. The minimum Gasteiger partial charge on any atom is -0.463 e. The summed E-state index contributed by atoms with van der Waals surface area (Å²) in [5.74, 6) is -0.427. The molecule has 0 radical (unpaired) electrons. The molecule has 1 aliphatic rings. The number of carbonyl (C=O) groups is 1. The molecule has 1 saturated heterocycles. The Balaban J connectivity index is 2.89. The summed E-state index contributed by atoms with van der Waals surface area (Å²) in [5.41, 5.74) is 0.656. The first-order valence-corrected chi connectivity index (χ1v) is 8.11. The van der Waals surface area contributed by atoms with Gasteiger partial charge in [0.05, 0.1) is 19.8 Å². The van der Waals surface area contributed by atoms with E-state index < -0.39 is 13.7 Å². The molecular formula is C12H22NO5P. The van der Waals surface area contributed by atoms with Crippen LogP contribution in [0.15, 0.2) is 11.8 Å². The number of rotatable bonds is 7. The molecule has 0 unspecified atom stereocenters. The quantitative estimate of drug-likeness (QED) is 0.408. The van der Waals surface area contributed by atoms with Crippen LogP contribution < -0.4 is 0 Å². The van der Waals surface area contributed by atoms with E-state index in [0.717, 1.165) is 6.42 Å². The Hall–Kier alpha value is -0.840. The molecule has 6 nitrogen and oxygen atoms in total. The monoisotopic (exact) mass is 291 g/mol. The van der Waals surface area contributed by atoms with Crippen LogP contribution in [-0.4, -0.2) is 37.0 Å². The van der Waals surface area contributed by atoms with E-state index in [1.54, 1.807) is 25.4 Å². The molecule has 0 spiro atoms. The first-order valence-electron chi connectivity index (χ1n) is 6.61. The molecule has 1 rings (SSSR count). The van der Waals surface area contributed by atoms with Crippen LogP contribution in [0.25, 0.3) is 0 Å². The minimum atomic E-state index is -3.34. The summed E-state index contributed by atoms with van der Waals surface area (Å²) < 4.78 is 29.7. The number of nitrogens with zero attached hydrogens (tertiary/aromatic N) is 1. The largest absolute Gasteiger partial charge is 0.463 e. The molecule has 1 heterocycles. The van der Waals surface area contributed by atoms with E-state index in [9.17, 15) is 9.36 Å². The zero-order chi connectivity index (χ0) is 14.3. The van der Waals surface area contributed by atoms with E-state index in [-0.39, 0.29) is 0 Å². The van der Waals surface area contributed by atoms with E-state index in [1.807, 2.05) is 0 Å². The van der Waals surface area contributed by atoms with Gasteiger partial charge in [-0.25, -0.2) is 9.36 Å². The summed E-state index contributed by atoms with van der Waals surface area (Å²) in [6.45, 7) is 6.72. The van der Waals surface area contributed by atoms with Crippen molar-refractivity contribution in [1.29, 1.82) is 0 Å². The highest BCUT2D eigenvalue weighted by atomic mass is 31.2. The highest BCUT2D eigenvalue weighted by Crippen LogP contribution is 2.56. The maximum Gasteiger partial charge on any atom is 0.435 e. The van der Waals surface area contributed by atoms with Crippen molar-refractivity contribution in [2.75, 3.05) is 26.4 Å². The van der Waals surface area contributed by atoms with Crippen LogP contribution in [0.5, 0.6) is 0 Å². The zero-order valence-electron chi connectivity index (χ0n) is 11.8. The Kier molecular flexibility index (Phi) is 6.55. The van der Waals surface area contributed by atoms with Crippen molar-refractivity contribution in [3.63, 3.8) is 0 Å². The summed E-state index contributed by atoms with van der Waals surface area (Å²) in [4.78, 5) is 11.5. The molecule has 0 atom stereocenters. The van der Waals surface area contributed by atoms with Crippen molar-refractivity contribution >= 4 is 13.7 Å². The predicted octanol–water partition coefficient (Wildman–Crippen LogP) is 2.71. The van der Waals surface area contributed by atoms with Gasteiger partial charge in [-0.2, -0.15) is 0 Å². The van der Waals surface area contributed by atoms with Gasteiger partial charge in [-0.3, -0.25) is 13.7 Å². The minimum absolute atomic E-state index is 0.292. The van der Waals surface area contributed by atoms with Crippen molar-refractivity contribution < 1.29 is 23.1 Å². The number of esters is 1. The molecule has 0 aromatic carbocycles. The lowest BCUT2D eigenvalue weighted by Gasteiger charge is -2.28. The maximum absolute atomic E-state index is 12.7. The van der Waals surface area contributed by atoms with Gasteiger partial charge >= 0.3 is 13.7 Å². The lowest BCUT2D eigenvalue weighted by molar-refractivity contribution is -0.137. The van der Waals surface area contributed by atoms with Gasteiger partial charge in [0, 0.05) is 18.3 Å². The Morgan fingerprint density at radius 2 is 1.89 bits per heavy atom. The first-order chi connectivity index (χ1) is 9.07. The Morgan fingerprint density at radius 1 is 1.26 bits per heavy atom. The summed E-state index contributed by atoms with van der Waals surface area (Å²) in [6, 6.07) is 0. The van der Waals surface area contributed by atoms with Gasteiger partial charge < -0.3 is 4.74 Å². The van der Waals surface area contributed by atoms with E-state index in [4.69, 9.17) is 13.8 Å². The topological polar surface area (TPSA) is 65.1 Å². The van der Waals surface area contributed by atoms with E-state index >= 15 is 0 Å². The number of hydrogen-bond acceptors (Lipinski definition) is 5. The third-order valence-corrected chi connectivity index (χ3v) is 4.80. The van der Waals surface area contributed by atoms with Crippen molar-refractivity contribution in [3.8, 4) is 0 Å². The van der Waals surface area contributed by atoms with E-state index in [2.05, 4.69) is 0 Å². The highest BCUT2D eigenvalue weighted by molar-refractivity contribution is 7.51. The predicted molar refractivity (Wildman–Crippen MR) is 71.5 cm³/mol. The Morgan fingerprint density at radius 3 is 2.42 bits per heavy atom. The molecule has 7 heteroatoms. The van der Waals surface area contributed by atoms with Gasteiger partial charge in [-0.15, -0.1) is 0 Å². The molecule has 0 aliphatic carbocycles. The number of hydrogen-bond donors (Lipinski definition) is 0. The fraction of sp³-hybridized carbons (Fsp3) is 0.750. The molecule has 0 amide bonds. The lowest BCUT2D eigenvalue weighted by atomic mass is 10.3. The maximum atomic E-state index is 12.7. The van der Waals surface area contributed by atoms with Gasteiger partial charge in [0.15, 0.2) is 0 Å². The lowest BCUT2D eigenvalue weighted by Crippen LogP contribution is -2.19. The van der Waals surface area contributed by atoms with Gasteiger partial charge in [-0.05, 0) is 33.6 Å². The summed E-state index contributed by atoms with van der Waals surface area (Å²) in [6.07, 6.45) is 2.86. The average Bonchev–Trinajstić information content (AvgIpc) is 2.78. The molecule has 19 heavy (non-hydrogen) atoms. The first kappa shape index (κ1) is 16.2. The molecule has 110 valence electrons. The molecule has 1 aliphatic heterocycles. The highest BCUT2D eigenvalue weighted by Gasteiger charge is 2.37. The van der Waals surface area contributed by atoms with Crippen LogP contribution in [0, 0.1) is 0 Å². The Labute approximate surface area is 114 Å². The van der Waals surface area contributed by atoms with Crippen LogP contribution in [0.3, 0.4) is 0 Å². The molecule has 0 aromatic rings. The molecule has 0 N–H and O–H groups in total. The number of ether oxygens (including phenoxy) is 1. The normalized spacial score (nSPS) is 18.1. The van der Waals surface area contributed by atoms with Crippen molar-refractivity contribution in [3.05, 3.63) is 11.8 Å². The van der Waals surface area contributed by atoms with Crippen molar-refractivity contribution in [2.24, 2.45) is 0 Å². The van der Waals surface area contributed by atoms with Crippen LogP contribution >= 0.6 is 7.75 Å². The van der Waals surface area contributed by atoms with E-state index in [1.165, 1.54) is 6.08 Å². The smallest absolute Gasteiger partial charge is 0.435 e. The molecule has 1 fully saturated rings. The van der Waals surface area contributed by atoms with Gasteiger partial charge in [0.1, 0.15) is 0 Å². The van der Waals surface area contributed by atoms with E-state index in [0.29, 0.717) is 38.5 Å². The second kappa shape index (κ2) is 7.68. The summed E-state index contributed by atoms with van der Waals surface area (Å²) in [7, 11) is -3.34. The van der Waals surface area contributed by atoms with Crippen molar-refractivity contribution in [1.82, 2.24) is 4.67 Å². The molecule has 0 aromatic heterocycles. The molecule has 0 bridgehead atoms. The van der Waals surface area contributed by atoms with Gasteiger partial charge in [-0.1, -0.05) is 0 Å². The van der Waals surface area contributed by atoms with Crippen LogP contribution in [0.1, 0.15) is 33.6 Å². The zero-order valence-corrected chi connectivity index (χ0v) is 12.7.